The number of nitrogens with zero attached hydrogens (tertiary/aromatic N) is 1. The third kappa shape index (κ3) is 3.81. The van der Waals surface area contributed by atoms with Crippen LogP contribution in [0.25, 0.3) is 0 Å². The fraction of sp³-hybridized carbons (Fsp3) is 0.462. The number of benzene rings is 1. The highest BCUT2D eigenvalue weighted by Crippen LogP contribution is 2.27. The van der Waals surface area contributed by atoms with E-state index in [9.17, 15) is 17.6 Å². The maximum Gasteiger partial charge on any atom is 0.243 e. The molecule has 0 radical (unpaired) electrons. The van der Waals surface area contributed by atoms with Crippen LogP contribution < -0.4 is 5.73 Å². The first-order valence-corrected chi connectivity index (χ1v) is 8.77. The van der Waals surface area contributed by atoms with Gasteiger partial charge in [0.25, 0.3) is 0 Å². The molecule has 1 aliphatic heterocycles. The van der Waals surface area contributed by atoms with Crippen LogP contribution in [0.4, 0.5) is 4.39 Å². The summed E-state index contributed by atoms with van der Waals surface area (Å²) in [6.07, 6.45) is 1.45. The van der Waals surface area contributed by atoms with Gasteiger partial charge in [-0.1, -0.05) is 0 Å². The van der Waals surface area contributed by atoms with Crippen molar-refractivity contribution in [1.82, 2.24) is 4.31 Å². The summed E-state index contributed by atoms with van der Waals surface area (Å²) in [6.45, 7) is 0.635. The van der Waals surface area contributed by atoms with E-state index in [1.54, 1.807) is 0 Å². The Morgan fingerprint density at radius 1 is 1.38 bits per heavy atom. The van der Waals surface area contributed by atoms with Crippen molar-refractivity contribution in [2.75, 3.05) is 13.1 Å². The van der Waals surface area contributed by atoms with Crippen molar-refractivity contribution in [3.05, 3.63) is 28.5 Å². The van der Waals surface area contributed by atoms with E-state index in [-0.39, 0.29) is 27.6 Å². The first-order chi connectivity index (χ1) is 9.80. The second-order valence-electron chi connectivity index (χ2n) is 5.09. The van der Waals surface area contributed by atoms with Crippen molar-refractivity contribution in [2.45, 2.75) is 24.2 Å². The Morgan fingerprint density at radius 3 is 2.52 bits per heavy atom. The lowest BCUT2D eigenvalue weighted by molar-refractivity contribution is -0.119. The molecule has 116 valence electrons. The highest BCUT2D eigenvalue weighted by molar-refractivity contribution is 9.10. The zero-order valence-electron chi connectivity index (χ0n) is 11.3. The maximum absolute atomic E-state index is 13.5. The number of primary amides is 1. The molecule has 1 heterocycles. The highest BCUT2D eigenvalue weighted by Gasteiger charge is 2.30. The van der Waals surface area contributed by atoms with Crippen molar-refractivity contribution in [1.29, 1.82) is 0 Å². The van der Waals surface area contributed by atoms with E-state index < -0.39 is 15.8 Å². The molecule has 0 unspecified atom stereocenters. The van der Waals surface area contributed by atoms with Crippen LogP contribution in [0.5, 0.6) is 0 Å². The van der Waals surface area contributed by atoms with E-state index in [0.717, 1.165) is 6.07 Å². The molecule has 1 saturated heterocycles. The summed E-state index contributed by atoms with van der Waals surface area (Å²) >= 11 is 3.00. The number of hydrogen-bond acceptors (Lipinski definition) is 3. The second kappa shape index (κ2) is 6.41. The van der Waals surface area contributed by atoms with Crippen molar-refractivity contribution in [2.24, 2.45) is 11.7 Å². The molecule has 1 amide bonds. The standard InChI is InChI=1S/C13H16BrFN2O3S/c14-11-2-1-10(8-12(11)15)21(19,20)17-5-3-9(4-6-17)7-13(16)18/h1-2,8-9H,3-7H2,(H2,16,18). The molecule has 8 heteroatoms. The maximum atomic E-state index is 13.5. The molecule has 1 aromatic rings. The van der Waals surface area contributed by atoms with E-state index >= 15 is 0 Å². The summed E-state index contributed by atoms with van der Waals surface area (Å²) in [7, 11) is -3.70. The second-order valence-corrected chi connectivity index (χ2v) is 7.89. The molecule has 2 rings (SSSR count). The van der Waals surface area contributed by atoms with E-state index in [0.29, 0.717) is 25.9 Å². The molecule has 21 heavy (non-hydrogen) atoms. The molecular formula is C13H16BrFN2O3S. The van der Waals surface area contributed by atoms with Gasteiger partial charge in [-0.2, -0.15) is 4.31 Å². The zero-order chi connectivity index (χ0) is 15.6. The molecule has 0 spiro atoms. The van der Waals surface area contributed by atoms with Crippen molar-refractivity contribution >= 4 is 31.9 Å². The lowest BCUT2D eigenvalue weighted by Gasteiger charge is -2.30. The predicted molar refractivity (Wildman–Crippen MR) is 79.4 cm³/mol. The molecule has 2 N–H and O–H groups in total. The Kier molecular flexibility index (Phi) is 5.00. The quantitative estimate of drug-likeness (QED) is 0.867. The van der Waals surface area contributed by atoms with Gasteiger partial charge in [-0.3, -0.25) is 4.79 Å². The number of hydrogen-bond donors (Lipinski definition) is 1. The SMILES string of the molecule is NC(=O)CC1CCN(S(=O)(=O)c2ccc(Br)c(F)c2)CC1. The smallest absolute Gasteiger partial charge is 0.243 e. The number of rotatable bonds is 4. The summed E-state index contributed by atoms with van der Waals surface area (Å²) in [5.41, 5.74) is 5.15. The Balaban J connectivity index is 2.11. The van der Waals surface area contributed by atoms with Crippen molar-refractivity contribution in [3.63, 3.8) is 0 Å². The number of sulfonamides is 1. The minimum Gasteiger partial charge on any atom is -0.370 e. The summed E-state index contributed by atoms with van der Waals surface area (Å²) < 4.78 is 39.9. The van der Waals surface area contributed by atoms with Crippen LogP contribution in [0.1, 0.15) is 19.3 Å². The minimum atomic E-state index is -3.70. The van der Waals surface area contributed by atoms with Crippen LogP contribution in [0, 0.1) is 11.7 Å². The number of carbonyl (C=O) groups is 1. The molecule has 0 atom stereocenters. The van der Waals surface area contributed by atoms with Crippen molar-refractivity contribution in [3.8, 4) is 0 Å². The van der Waals surface area contributed by atoms with E-state index in [4.69, 9.17) is 5.73 Å². The number of amides is 1. The van der Waals surface area contributed by atoms with Gasteiger partial charge in [0.2, 0.25) is 15.9 Å². The Hall–Kier alpha value is -0.990. The Morgan fingerprint density at radius 2 is 2.00 bits per heavy atom. The lowest BCUT2D eigenvalue weighted by atomic mass is 9.94. The van der Waals surface area contributed by atoms with E-state index in [1.165, 1.54) is 16.4 Å². The zero-order valence-corrected chi connectivity index (χ0v) is 13.7. The van der Waals surface area contributed by atoms with Gasteiger partial charge in [0, 0.05) is 19.5 Å². The third-order valence-electron chi connectivity index (χ3n) is 3.59. The van der Waals surface area contributed by atoms with Gasteiger partial charge in [0.05, 0.1) is 9.37 Å². The number of halogens is 2. The molecule has 5 nitrogen and oxygen atoms in total. The fourth-order valence-electron chi connectivity index (χ4n) is 2.42. The van der Waals surface area contributed by atoms with Crippen LogP contribution in [-0.2, 0) is 14.8 Å². The van der Waals surface area contributed by atoms with Gasteiger partial charge in [0.1, 0.15) is 5.82 Å². The number of carbonyl (C=O) groups excluding carboxylic acids is 1. The first-order valence-electron chi connectivity index (χ1n) is 6.54. The summed E-state index contributed by atoms with van der Waals surface area (Å²) in [6, 6.07) is 3.76. The van der Waals surface area contributed by atoms with Crippen LogP contribution in [0.3, 0.4) is 0 Å². The van der Waals surface area contributed by atoms with Gasteiger partial charge in [-0.15, -0.1) is 0 Å². The summed E-state index contributed by atoms with van der Waals surface area (Å²) in [5.74, 6) is -0.860. The molecular weight excluding hydrogens is 363 g/mol. The topological polar surface area (TPSA) is 80.5 Å². The third-order valence-corrected chi connectivity index (χ3v) is 6.13. The predicted octanol–water partition coefficient (Wildman–Crippen LogP) is 1.86. The van der Waals surface area contributed by atoms with Gasteiger partial charge >= 0.3 is 0 Å². The Bertz CT molecular complexity index is 643. The first kappa shape index (κ1) is 16.4. The van der Waals surface area contributed by atoms with Gasteiger partial charge in [0.15, 0.2) is 0 Å². The summed E-state index contributed by atoms with van der Waals surface area (Å²) in [5, 5.41) is 0. The molecule has 1 fully saturated rings. The fourth-order valence-corrected chi connectivity index (χ4v) is 4.15. The minimum absolute atomic E-state index is 0.0587. The molecule has 1 aliphatic rings. The van der Waals surface area contributed by atoms with Crippen molar-refractivity contribution < 1.29 is 17.6 Å². The largest absolute Gasteiger partial charge is 0.370 e. The van der Waals surface area contributed by atoms with Crippen LogP contribution in [-0.4, -0.2) is 31.7 Å². The number of piperidine rings is 1. The van der Waals surface area contributed by atoms with Crippen LogP contribution >= 0.6 is 15.9 Å². The molecule has 1 aromatic carbocycles. The monoisotopic (exact) mass is 378 g/mol. The normalized spacial score (nSPS) is 17.8. The Labute approximate surface area is 131 Å². The van der Waals surface area contributed by atoms with Crippen LogP contribution in [0.2, 0.25) is 0 Å². The van der Waals surface area contributed by atoms with Gasteiger partial charge in [-0.05, 0) is 52.9 Å². The molecule has 0 saturated carbocycles. The lowest BCUT2D eigenvalue weighted by Crippen LogP contribution is -2.39. The van der Waals surface area contributed by atoms with E-state index in [2.05, 4.69) is 15.9 Å². The van der Waals surface area contributed by atoms with Gasteiger partial charge in [-0.25, -0.2) is 12.8 Å². The number of nitrogens with two attached hydrogens (primary N) is 1. The molecule has 0 aromatic heterocycles. The van der Waals surface area contributed by atoms with E-state index in [1.807, 2.05) is 0 Å². The highest BCUT2D eigenvalue weighted by atomic mass is 79.9. The summed E-state index contributed by atoms with van der Waals surface area (Å²) in [4.78, 5) is 10.8. The molecule has 0 bridgehead atoms. The average molecular weight is 379 g/mol. The molecule has 0 aliphatic carbocycles. The van der Waals surface area contributed by atoms with Gasteiger partial charge < -0.3 is 5.73 Å². The average Bonchev–Trinajstić information content (AvgIpc) is 2.41. The van der Waals surface area contributed by atoms with Crippen LogP contribution in [0.15, 0.2) is 27.6 Å².